The predicted molar refractivity (Wildman–Crippen MR) is 81.4 cm³/mol. The average molecular weight is 297 g/mol. The van der Waals surface area contributed by atoms with Crippen LogP contribution in [-0.2, 0) is 0 Å². The van der Waals surface area contributed by atoms with E-state index in [1.807, 2.05) is 4.90 Å². The topological polar surface area (TPSA) is 48.5 Å². The smallest absolute Gasteiger partial charge is 0.255 e. The first-order chi connectivity index (χ1) is 9.65. The van der Waals surface area contributed by atoms with Crippen LogP contribution in [0.4, 0.5) is 5.82 Å². The van der Waals surface area contributed by atoms with E-state index < -0.39 is 0 Å². The summed E-state index contributed by atoms with van der Waals surface area (Å²) in [5.74, 6) is 0.606. The lowest BCUT2D eigenvalue weighted by Crippen LogP contribution is -2.48. The zero-order valence-electron chi connectivity index (χ0n) is 12.0. The average Bonchev–Trinajstić information content (AvgIpc) is 2.47. The minimum Gasteiger partial charge on any atom is -0.372 e. The summed E-state index contributed by atoms with van der Waals surface area (Å²) in [4.78, 5) is 20.8. The zero-order chi connectivity index (χ0) is 14.5. The molecule has 1 aromatic rings. The van der Waals surface area contributed by atoms with Gasteiger partial charge in [-0.25, -0.2) is 4.98 Å². The minimum atomic E-state index is 0.0122. The Morgan fingerprint density at radius 1 is 1.40 bits per heavy atom. The van der Waals surface area contributed by atoms with Gasteiger partial charge in [0.1, 0.15) is 5.82 Å². The number of nitrogens with one attached hydrogen (secondary N) is 1. The van der Waals surface area contributed by atoms with Crippen LogP contribution in [0, 0.1) is 0 Å². The van der Waals surface area contributed by atoms with E-state index in [4.69, 9.17) is 11.6 Å². The van der Waals surface area contributed by atoms with Crippen LogP contribution in [0.3, 0.4) is 0 Å². The molecule has 0 saturated carbocycles. The molecule has 1 N–H and O–H groups in total. The Bertz CT molecular complexity index is 472. The summed E-state index contributed by atoms with van der Waals surface area (Å²) in [5.41, 5.74) is 0.554. The third-order valence-electron chi connectivity index (χ3n) is 3.52. The fourth-order valence-electron chi connectivity index (χ4n) is 2.41. The van der Waals surface area contributed by atoms with Crippen molar-refractivity contribution >= 4 is 23.3 Å². The molecule has 1 aliphatic heterocycles. The molecule has 0 spiro atoms. The van der Waals surface area contributed by atoms with E-state index >= 15 is 0 Å². The molecule has 0 unspecified atom stereocenters. The number of hydrogen-bond donors (Lipinski definition) is 1. The van der Waals surface area contributed by atoms with Crippen molar-refractivity contribution in [2.75, 3.05) is 45.1 Å². The molecule has 1 aromatic heterocycles. The number of nitrogens with zero attached hydrogens (tertiary/aromatic N) is 3. The Labute approximate surface area is 124 Å². The van der Waals surface area contributed by atoms with Crippen LogP contribution in [-0.4, -0.2) is 60.5 Å². The number of pyridine rings is 1. The Morgan fingerprint density at radius 3 is 2.65 bits per heavy atom. The van der Waals surface area contributed by atoms with Gasteiger partial charge in [-0.15, -0.1) is 0 Å². The van der Waals surface area contributed by atoms with Crippen LogP contribution in [0.25, 0.3) is 0 Å². The van der Waals surface area contributed by atoms with E-state index in [0.29, 0.717) is 16.4 Å². The Hall–Kier alpha value is -1.33. The second-order valence-corrected chi connectivity index (χ2v) is 5.35. The maximum Gasteiger partial charge on any atom is 0.255 e. The number of amides is 1. The van der Waals surface area contributed by atoms with Crippen LogP contribution in [0.1, 0.15) is 23.7 Å². The molecule has 0 atom stereocenters. The van der Waals surface area contributed by atoms with Crippen LogP contribution in [0.15, 0.2) is 12.3 Å². The van der Waals surface area contributed by atoms with Gasteiger partial charge in [0, 0.05) is 39.4 Å². The molecule has 1 fully saturated rings. The molecule has 1 aliphatic rings. The fraction of sp³-hybridized carbons (Fsp3) is 0.571. The molecule has 20 heavy (non-hydrogen) atoms. The molecule has 2 heterocycles. The number of rotatable bonds is 4. The highest BCUT2D eigenvalue weighted by molar-refractivity contribution is 6.33. The normalized spacial score (nSPS) is 16.2. The first kappa shape index (κ1) is 15.1. The lowest BCUT2D eigenvalue weighted by atomic mass is 10.2. The summed E-state index contributed by atoms with van der Waals surface area (Å²) < 4.78 is 0. The number of anilines is 1. The summed E-state index contributed by atoms with van der Waals surface area (Å²) in [6.07, 6.45) is 2.73. The van der Waals surface area contributed by atoms with E-state index in [9.17, 15) is 4.79 Å². The van der Waals surface area contributed by atoms with E-state index in [1.54, 1.807) is 19.3 Å². The second kappa shape index (κ2) is 6.90. The highest BCUT2D eigenvalue weighted by atomic mass is 35.5. The number of carbonyl (C=O) groups excluding carboxylic acids is 1. The fourth-order valence-corrected chi connectivity index (χ4v) is 2.67. The number of carbonyl (C=O) groups is 1. The number of aromatic nitrogens is 1. The molecule has 0 bridgehead atoms. The van der Waals surface area contributed by atoms with Gasteiger partial charge in [0.2, 0.25) is 0 Å². The highest BCUT2D eigenvalue weighted by Gasteiger charge is 2.22. The van der Waals surface area contributed by atoms with Crippen molar-refractivity contribution in [2.45, 2.75) is 13.3 Å². The maximum absolute atomic E-state index is 12.4. The van der Waals surface area contributed by atoms with Crippen molar-refractivity contribution in [1.82, 2.24) is 14.8 Å². The summed E-state index contributed by atoms with van der Waals surface area (Å²) in [6, 6.07) is 1.68. The predicted octanol–water partition coefficient (Wildman–Crippen LogP) is 1.94. The number of hydrogen-bond acceptors (Lipinski definition) is 4. The summed E-state index contributed by atoms with van der Waals surface area (Å²) in [6.45, 7) is 6.69. The quantitative estimate of drug-likeness (QED) is 0.922. The first-order valence-corrected chi connectivity index (χ1v) is 7.38. The largest absolute Gasteiger partial charge is 0.372 e. The molecule has 110 valence electrons. The Kier molecular flexibility index (Phi) is 5.20. The van der Waals surface area contributed by atoms with Crippen molar-refractivity contribution < 1.29 is 4.79 Å². The molecule has 6 heteroatoms. The number of halogens is 1. The van der Waals surface area contributed by atoms with Crippen molar-refractivity contribution in [1.29, 1.82) is 0 Å². The van der Waals surface area contributed by atoms with Gasteiger partial charge < -0.3 is 10.2 Å². The zero-order valence-corrected chi connectivity index (χ0v) is 12.8. The van der Waals surface area contributed by atoms with Gasteiger partial charge >= 0.3 is 0 Å². The Balaban J connectivity index is 2.00. The lowest BCUT2D eigenvalue weighted by Gasteiger charge is -2.34. The standard InChI is InChI=1S/C14H21ClN4O/c1-3-4-18-5-7-19(8-6-18)14(20)11-9-12(15)13(16-2)17-10-11/h9-10H,3-8H2,1-2H3,(H,16,17). The first-order valence-electron chi connectivity index (χ1n) is 7.00. The molecular weight excluding hydrogens is 276 g/mol. The SMILES string of the molecule is CCCN1CCN(C(=O)c2cnc(NC)c(Cl)c2)CC1. The lowest BCUT2D eigenvalue weighted by molar-refractivity contribution is 0.0637. The van der Waals surface area contributed by atoms with Gasteiger partial charge in [-0.05, 0) is 19.0 Å². The monoisotopic (exact) mass is 296 g/mol. The van der Waals surface area contributed by atoms with Crippen molar-refractivity contribution in [2.24, 2.45) is 0 Å². The van der Waals surface area contributed by atoms with Crippen LogP contribution >= 0.6 is 11.6 Å². The van der Waals surface area contributed by atoms with Gasteiger partial charge in [-0.2, -0.15) is 0 Å². The van der Waals surface area contributed by atoms with Gasteiger partial charge in [0.25, 0.3) is 5.91 Å². The molecule has 0 aromatic carbocycles. The maximum atomic E-state index is 12.4. The van der Waals surface area contributed by atoms with Crippen molar-refractivity contribution in [3.8, 4) is 0 Å². The summed E-state index contributed by atoms with van der Waals surface area (Å²) in [5, 5.41) is 3.36. The van der Waals surface area contributed by atoms with Gasteiger partial charge in [0.15, 0.2) is 0 Å². The molecule has 0 radical (unpaired) electrons. The number of piperazine rings is 1. The van der Waals surface area contributed by atoms with Gasteiger partial charge in [-0.3, -0.25) is 9.69 Å². The summed E-state index contributed by atoms with van der Waals surface area (Å²) in [7, 11) is 1.75. The third-order valence-corrected chi connectivity index (χ3v) is 3.81. The van der Waals surface area contributed by atoms with E-state index in [2.05, 4.69) is 22.1 Å². The second-order valence-electron chi connectivity index (χ2n) is 4.94. The van der Waals surface area contributed by atoms with E-state index in [0.717, 1.165) is 39.1 Å². The van der Waals surface area contributed by atoms with Crippen molar-refractivity contribution in [3.63, 3.8) is 0 Å². The van der Waals surface area contributed by atoms with E-state index in [-0.39, 0.29) is 5.91 Å². The van der Waals surface area contributed by atoms with Crippen LogP contribution in [0.2, 0.25) is 5.02 Å². The third kappa shape index (κ3) is 3.41. The summed E-state index contributed by atoms with van der Waals surface area (Å²) >= 11 is 6.07. The molecular formula is C14H21ClN4O. The molecule has 0 aliphatic carbocycles. The minimum absolute atomic E-state index is 0.0122. The van der Waals surface area contributed by atoms with Gasteiger partial charge in [0.05, 0.1) is 10.6 Å². The molecule has 5 nitrogen and oxygen atoms in total. The molecule has 1 amide bonds. The van der Waals surface area contributed by atoms with E-state index in [1.165, 1.54) is 0 Å². The Morgan fingerprint density at radius 2 is 2.10 bits per heavy atom. The van der Waals surface area contributed by atoms with Gasteiger partial charge in [-0.1, -0.05) is 18.5 Å². The highest BCUT2D eigenvalue weighted by Crippen LogP contribution is 2.20. The van der Waals surface area contributed by atoms with Crippen LogP contribution in [0.5, 0.6) is 0 Å². The molecule has 2 rings (SSSR count). The molecule has 1 saturated heterocycles. The van der Waals surface area contributed by atoms with Crippen LogP contribution < -0.4 is 5.32 Å². The van der Waals surface area contributed by atoms with Crippen molar-refractivity contribution in [3.05, 3.63) is 22.8 Å².